The summed E-state index contributed by atoms with van der Waals surface area (Å²) in [5, 5.41) is 7.54. The number of methoxy groups -OCH3 is 1. The average Bonchev–Trinajstić information content (AvgIpc) is 2.96. The third kappa shape index (κ3) is 2.84. The molecule has 0 saturated carbocycles. The molecule has 5 heteroatoms. The topological polar surface area (TPSA) is 60.2 Å². The molecule has 2 atom stereocenters. The van der Waals surface area contributed by atoms with Crippen LogP contribution in [0.1, 0.15) is 48.8 Å². The molecule has 1 N–H and O–H groups in total. The Kier molecular flexibility index (Phi) is 4.03. The van der Waals surface area contributed by atoms with Gasteiger partial charge in [-0.15, -0.1) is 0 Å². The van der Waals surface area contributed by atoms with Crippen LogP contribution in [-0.4, -0.2) is 17.3 Å². The summed E-state index contributed by atoms with van der Waals surface area (Å²) < 4.78 is 10.9. The summed E-state index contributed by atoms with van der Waals surface area (Å²) in [5.41, 5.74) is 2.68. The van der Waals surface area contributed by atoms with Gasteiger partial charge in [0.1, 0.15) is 6.10 Å². The van der Waals surface area contributed by atoms with Crippen molar-refractivity contribution in [2.45, 2.75) is 39.0 Å². The van der Waals surface area contributed by atoms with E-state index in [0.29, 0.717) is 17.6 Å². The maximum absolute atomic E-state index is 5.45. The smallest absolute Gasteiger partial charge is 0.244 e. The van der Waals surface area contributed by atoms with Gasteiger partial charge in [-0.25, -0.2) is 0 Å². The Morgan fingerprint density at radius 2 is 2.05 bits per heavy atom. The Balaban J connectivity index is 1.79. The van der Waals surface area contributed by atoms with Gasteiger partial charge >= 0.3 is 0 Å². The van der Waals surface area contributed by atoms with E-state index in [0.717, 1.165) is 13.0 Å². The van der Waals surface area contributed by atoms with E-state index in [4.69, 9.17) is 9.26 Å². The van der Waals surface area contributed by atoms with Gasteiger partial charge in [-0.05, 0) is 23.5 Å². The number of aromatic nitrogens is 2. The number of rotatable bonds is 4. The van der Waals surface area contributed by atoms with E-state index in [-0.39, 0.29) is 12.1 Å². The zero-order valence-electron chi connectivity index (χ0n) is 12.7. The highest BCUT2D eigenvalue weighted by molar-refractivity contribution is 5.30. The van der Waals surface area contributed by atoms with Crippen molar-refractivity contribution < 1.29 is 9.26 Å². The number of hydrogen-bond donors (Lipinski definition) is 1. The lowest BCUT2D eigenvalue weighted by molar-refractivity contribution is 0.0555. The Bertz CT molecular complexity index is 609. The van der Waals surface area contributed by atoms with E-state index in [9.17, 15) is 0 Å². The number of ether oxygens (including phenoxy) is 1. The first-order chi connectivity index (χ1) is 10.2. The number of hydrogen-bond acceptors (Lipinski definition) is 5. The van der Waals surface area contributed by atoms with E-state index in [1.807, 2.05) is 0 Å². The van der Waals surface area contributed by atoms with Crippen LogP contribution in [-0.2, 0) is 17.7 Å². The highest BCUT2D eigenvalue weighted by atomic mass is 16.5. The summed E-state index contributed by atoms with van der Waals surface area (Å²) in [5.74, 6) is 1.57. The first-order valence-electron chi connectivity index (χ1n) is 7.35. The van der Waals surface area contributed by atoms with Crippen molar-refractivity contribution in [2.24, 2.45) is 5.92 Å². The zero-order chi connectivity index (χ0) is 14.8. The van der Waals surface area contributed by atoms with Gasteiger partial charge in [-0.3, -0.25) is 0 Å². The van der Waals surface area contributed by atoms with Gasteiger partial charge in [-0.1, -0.05) is 43.3 Å². The van der Waals surface area contributed by atoms with Crippen LogP contribution >= 0.6 is 0 Å². The standard InChI is InChI=1S/C16H21N3O2/c1-10(2)14(20-3)15-18-16(21-19-15)13-8-11-6-4-5-7-12(11)9-17-13/h4-7,10,13-14,17H,8-9H2,1-3H3/t13-,14?/m0/s1. The molecule has 0 aliphatic carbocycles. The van der Waals surface area contributed by atoms with Crippen LogP contribution in [0.2, 0.25) is 0 Å². The summed E-state index contributed by atoms with van der Waals surface area (Å²) in [6, 6.07) is 8.52. The largest absolute Gasteiger partial charge is 0.373 e. The minimum Gasteiger partial charge on any atom is -0.373 e. The molecule has 3 rings (SSSR count). The van der Waals surface area contributed by atoms with Crippen LogP contribution < -0.4 is 5.32 Å². The minimum atomic E-state index is -0.127. The Hall–Kier alpha value is -1.72. The fourth-order valence-electron chi connectivity index (χ4n) is 2.81. The zero-order valence-corrected chi connectivity index (χ0v) is 12.7. The predicted octanol–water partition coefficient (Wildman–Crippen LogP) is 2.80. The first kappa shape index (κ1) is 14.2. The fraction of sp³-hybridized carbons (Fsp3) is 0.500. The van der Waals surface area contributed by atoms with Gasteiger partial charge in [0.15, 0.2) is 0 Å². The maximum atomic E-state index is 5.45. The van der Waals surface area contributed by atoms with Gasteiger partial charge in [0.2, 0.25) is 11.7 Å². The van der Waals surface area contributed by atoms with E-state index in [1.165, 1.54) is 11.1 Å². The minimum absolute atomic E-state index is 0.0748. The molecule has 1 aromatic carbocycles. The molecule has 112 valence electrons. The Morgan fingerprint density at radius 3 is 2.76 bits per heavy atom. The lowest BCUT2D eigenvalue weighted by Crippen LogP contribution is -2.28. The molecule has 21 heavy (non-hydrogen) atoms. The van der Waals surface area contributed by atoms with Crippen LogP contribution in [0.15, 0.2) is 28.8 Å². The summed E-state index contributed by atoms with van der Waals surface area (Å²) in [7, 11) is 1.68. The molecule has 1 unspecified atom stereocenters. The van der Waals surface area contributed by atoms with E-state index >= 15 is 0 Å². The molecule has 2 aromatic rings. The average molecular weight is 287 g/mol. The van der Waals surface area contributed by atoms with Gasteiger partial charge in [-0.2, -0.15) is 4.98 Å². The van der Waals surface area contributed by atoms with Gasteiger partial charge in [0, 0.05) is 13.7 Å². The molecule has 1 aliphatic heterocycles. The van der Waals surface area contributed by atoms with Crippen molar-refractivity contribution in [2.75, 3.05) is 7.11 Å². The van der Waals surface area contributed by atoms with Crippen LogP contribution in [0.4, 0.5) is 0 Å². The molecule has 0 fully saturated rings. The van der Waals surface area contributed by atoms with Crippen LogP contribution in [0, 0.1) is 5.92 Å². The Morgan fingerprint density at radius 1 is 1.29 bits per heavy atom. The predicted molar refractivity (Wildman–Crippen MR) is 78.6 cm³/mol. The first-order valence-corrected chi connectivity index (χ1v) is 7.35. The fourth-order valence-corrected chi connectivity index (χ4v) is 2.81. The molecule has 0 radical (unpaired) electrons. The van der Waals surface area contributed by atoms with Crippen LogP contribution in [0.3, 0.4) is 0 Å². The van der Waals surface area contributed by atoms with Crippen molar-refractivity contribution in [1.29, 1.82) is 0 Å². The molecule has 1 aromatic heterocycles. The molecule has 0 saturated heterocycles. The monoisotopic (exact) mass is 287 g/mol. The van der Waals surface area contributed by atoms with Crippen LogP contribution in [0.5, 0.6) is 0 Å². The molecule has 0 bridgehead atoms. The van der Waals surface area contributed by atoms with Crippen molar-refractivity contribution in [3.63, 3.8) is 0 Å². The van der Waals surface area contributed by atoms with Crippen molar-refractivity contribution in [3.8, 4) is 0 Å². The van der Waals surface area contributed by atoms with Gasteiger partial charge < -0.3 is 14.6 Å². The molecule has 2 heterocycles. The van der Waals surface area contributed by atoms with Crippen molar-refractivity contribution in [1.82, 2.24) is 15.5 Å². The van der Waals surface area contributed by atoms with E-state index < -0.39 is 0 Å². The normalized spacial score (nSPS) is 19.5. The molecule has 0 spiro atoms. The summed E-state index contributed by atoms with van der Waals surface area (Å²) in [6.45, 7) is 5.00. The molecule has 0 amide bonds. The third-order valence-electron chi connectivity index (χ3n) is 3.95. The molecule has 1 aliphatic rings. The number of nitrogens with one attached hydrogen (secondary N) is 1. The van der Waals surface area contributed by atoms with Crippen molar-refractivity contribution >= 4 is 0 Å². The summed E-state index contributed by atoms with van der Waals surface area (Å²) in [4.78, 5) is 4.53. The lowest BCUT2D eigenvalue weighted by Gasteiger charge is -2.23. The van der Waals surface area contributed by atoms with E-state index in [1.54, 1.807) is 7.11 Å². The summed E-state index contributed by atoms with van der Waals surface area (Å²) >= 11 is 0. The van der Waals surface area contributed by atoms with Gasteiger partial charge in [0.25, 0.3) is 0 Å². The molecular weight excluding hydrogens is 266 g/mol. The molecule has 5 nitrogen and oxygen atoms in total. The maximum Gasteiger partial charge on any atom is 0.244 e. The highest BCUT2D eigenvalue weighted by Crippen LogP contribution is 2.27. The second-order valence-corrected chi connectivity index (χ2v) is 5.80. The SMILES string of the molecule is COC(c1noc([C@@H]2Cc3ccccc3CN2)n1)C(C)C. The quantitative estimate of drug-likeness (QED) is 0.937. The van der Waals surface area contributed by atoms with Crippen LogP contribution in [0.25, 0.3) is 0 Å². The lowest BCUT2D eigenvalue weighted by atomic mass is 9.96. The second kappa shape index (κ2) is 5.95. The molecular formula is C16H21N3O2. The second-order valence-electron chi connectivity index (χ2n) is 5.80. The van der Waals surface area contributed by atoms with E-state index in [2.05, 4.69) is 53.6 Å². The Labute approximate surface area is 124 Å². The number of benzene rings is 1. The number of fused-ring (bicyclic) bond motifs is 1. The highest BCUT2D eigenvalue weighted by Gasteiger charge is 2.27. The number of nitrogens with zero attached hydrogens (tertiary/aromatic N) is 2. The van der Waals surface area contributed by atoms with Crippen molar-refractivity contribution in [3.05, 3.63) is 47.1 Å². The third-order valence-corrected chi connectivity index (χ3v) is 3.95. The summed E-state index contributed by atoms with van der Waals surface area (Å²) in [6.07, 6.45) is 0.746. The van der Waals surface area contributed by atoms with Gasteiger partial charge in [0.05, 0.1) is 6.04 Å².